The zero-order valence-corrected chi connectivity index (χ0v) is 10.9. The third-order valence-corrected chi connectivity index (χ3v) is 3.34. The summed E-state index contributed by atoms with van der Waals surface area (Å²) in [6.45, 7) is 7.85. The Morgan fingerprint density at radius 3 is 2.44 bits per heavy atom. The van der Waals surface area contributed by atoms with E-state index < -0.39 is 0 Å². The summed E-state index contributed by atoms with van der Waals surface area (Å²) in [6, 6.07) is 0.520. The van der Waals surface area contributed by atoms with Crippen LogP contribution in [0.1, 0.15) is 46.5 Å². The Hall–Kier alpha value is -0.570. The molecule has 0 heterocycles. The Labute approximate surface area is 99.4 Å². The van der Waals surface area contributed by atoms with Gasteiger partial charge in [0.05, 0.1) is 5.92 Å². The molecule has 1 unspecified atom stereocenters. The van der Waals surface area contributed by atoms with Crippen molar-refractivity contribution in [3.05, 3.63) is 0 Å². The summed E-state index contributed by atoms with van der Waals surface area (Å²) in [7, 11) is 0. The van der Waals surface area contributed by atoms with Crippen LogP contribution >= 0.6 is 0 Å². The molecule has 1 saturated carbocycles. The van der Waals surface area contributed by atoms with Gasteiger partial charge in [-0.3, -0.25) is 4.79 Å². The molecule has 2 N–H and O–H groups in total. The second-order valence-electron chi connectivity index (χ2n) is 5.29. The van der Waals surface area contributed by atoms with Crippen LogP contribution in [-0.2, 0) is 4.79 Å². The van der Waals surface area contributed by atoms with Gasteiger partial charge in [0.25, 0.3) is 0 Å². The Kier molecular flexibility index (Phi) is 5.26. The van der Waals surface area contributed by atoms with Crippen molar-refractivity contribution in [3.63, 3.8) is 0 Å². The maximum absolute atomic E-state index is 12.2. The predicted molar refractivity (Wildman–Crippen MR) is 67.0 cm³/mol. The number of nitrogens with two attached hydrogens (primary N) is 1. The predicted octanol–water partition coefficient (Wildman–Crippen LogP) is 2.01. The Morgan fingerprint density at radius 1 is 1.44 bits per heavy atom. The lowest BCUT2D eigenvalue weighted by Gasteiger charge is -2.27. The van der Waals surface area contributed by atoms with Gasteiger partial charge in [-0.05, 0) is 31.6 Å². The second-order valence-corrected chi connectivity index (χ2v) is 5.29. The van der Waals surface area contributed by atoms with Crippen molar-refractivity contribution in [2.24, 2.45) is 17.6 Å². The molecule has 1 aliphatic rings. The van der Waals surface area contributed by atoms with Crippen LogP contribution in [0.4, 0.5) is 0 Å². The van der Waals surface area contributed by atoms with E-state index in [-0.39, 0.29) is 11.8 Å². The van der Waals surface area contributed by atoms with E-state index in [1.807, 2.05) is 6.92 Å². The molecule has 3 heteroatoms. The first kappa shape index (κ1) is 13.5. The zero-order valence-electron chi connectivity index (χ0n) is 10.9. The number of hydrogen-bond donors (Lipinski definition) is 1. The number of hydrogen-bond acceptors (Lipinski definition) is 2. The lowest BCUT2D eigenvalue weighted by atomic mass is 10.0. The lowest BCUT2D eigenvalue weighted by molar-refractivity contribution is -0.136. The van der Waals surface area contributed by atoms with Crippen LogP contribution in [0.15, 0.2) is 0 Å². The van der Waals surface area contributed by atoms with Crippen molar-refractivity contribution in [1.29, 1.82) is 0 Å². The maximum Gasteiger partial charge on any atom is 0.227 e. The molecule has 0 aromatic heterocycles. The van der Waals surface area contributed by atoms with Gasteiger partial charge in [-0.15, -0.1) is 0 Å². The molecule has 0 radical (unpaired) electrons. The van der Waals surface area contributed by atoms with Gasteiger partial charge in [0, 0.05) is 19.1 Å². The standard InChI is InChI=1S/C13H26N2O/c1-4-11(9-14)13(16)15(12-5-6-12)8-7-10(2)3/h10-12H,4-9,14H2,1-3H3. The van der Waals surface area contributed by atoms with Crippen molar-refractivity contribution >= 4 is 5.91 Å². The lowest BCUT2D eigenvalue weighted by Crippen LogP contribution is -2.41. The highest BCUT2D eigenvalue weighted by molar-refractivity contribution is 5.79. The van der Waals surface area contributed by atoms with Crippen molar-refractivity contribution in [3.8, 4) is 0 Å². The molecule has 1 rings (SSSR count). The molecule has 0 aromatic rings. The van der Waals surface area contributed by atoms with Crippen molar-refractivity contribution in [2.45, 2.75) is 52.5 Å². The quantitative estimate of drug-likeness (QED) is 0.722. The van der Waals surface area contributed by atoms with Crippen LogP contribution in [0.2, 0.25) is 0 Å². The average molecular weight is 226 g/mol. The summed E-state index contributed by atoms with van der Waals surface area (Å²) in [4.78, 5) is 14.3. The topological polar surface area (TPSA) is 46.3 Å². The molecule has 0 aliphatic heterocycles. The summed E-state index contributed by atoms with van der Waals surface area (Å²) in [5.41, 5.74) is 5.65. The van der Waals surface area contributed by atoms with Crippen LogP contribution in [0.5, 0.6) is 0 Å². The molecule has 1 amide bonds. The molecule has 94 valence electrons. The fourth-order valence-corrected chi connectivity index (χ4v) is 1.93. The monoisotopic (exact) mass is 226 g/mol. The first-order chi connectivity index (χ1) is 7.60. The number of amides is 1. The first-order valence-electron chi connectivity index (χ1n) is 6.60. The summed E-state index contributed by atoms with van der Waals surface area (Å²) < 4.78 is 0. The van der Waals surface area contributed by atoms with E-state index in [2.05, 4.69) is 18.7 Å². The number of carbonyl (C=O) groups excluding carboxylic acids is 1. The van der Waals surface area contributed by atoms with Crippen LogP contribution in [-0.4, -0.2) is 29.9 Å². The smallest absolute Gasteiger partial charge is 0.227 e. The van der Waals surface area contributed by atoms with Gasteiger partial charge < -0.3 is 10.6 Å². The van der Waals surface area contributed by atoms with Crippen molar-refractivity contribution in [2.75, 3.05) is 13.1 Å². The molecule has 0 saturated heterocycles. The fraction of sp³-hybridized carbons (Fsp3) is 0.923. The molecule has 0 bridgehead atoms. The Balaban J connectivity index is 2.51. The van der Waals surface area contributed by atoms with Gasteiger partial charge in [0.2, 0.25) is 5.91 Å². The molecule has 1 atom stereocenters. The minimum Gasteiger partial charge on any atom is -0.339 e. The third kappa shape index (κ3) is 3.78. The molecule has 1 aliphatic carbocycles. The number of nitrogens with zero attached hydrogens (tertiary/aromatic N) is 1. The van der Waals surface area contributed by atoms with Gasteiger partial charge in [-0.1, -0.05) is 20.8 Å². The molecule has 16 heavy (non-hydrogen) atoms. The van der Waals surface area contributed by atoms with E-state index in [4.69, 9.17) is 5.73 Å². The summed E-state index contributed by atoms with van der Waals surface area (Å²) >= 11 is 0. The van der Waals surface area contributed by atoms with E-state index in [1.54, 1.807) is 0 Å². The second kappa shape index (κ2) is 6.24. The van der Waals surface area contributed by atoms with Gasteiger partial charge in [0.1, 0.15) is 0 Å². The van der Waals surface area contributed by atoms with E-state index in [9.17, 15) is 4.79 Å². The Bertz CT molecular complexity index is 220. The minimum absolute atomic E-state index is 0.0350. The summed E-state index contributed by atoms with van der Waals surface area (Å²) in [5.74, 6) is 0.980. The zero-order chi connectivity index (χ0) is 12.1. The summed E-state index contributed by atoms with van der Waals surface area (Å²) in [5, 5.41) is 0. The SMILES string of the molecule is CCC(CN)C(=O)N(CCC(C)C)C1CC1. The van der Waals surface area contributed by atoms with E-state index in [0.717, 1.165) is 19.4 Å². The highest BCUT2D eigenvalue weighted by atomic mass is 16.2. The van der Waals surface area contributed by atoms with Crippen molar-refractivity contribution in [1.82, 2.24) is 4.90 Å². The molecule has 3 nitrogen and oxygen atoms in total. The van der Waals surface area contributed by atoms with Crippen molar-refractivity contribution < 1.29 is 4.79 Å². The van der Waals surface area contributed by atoms with Crippen LogP contribution in [0.3, 0.4) is 0 Å². The maximum atomic E-state index is 12.2. The first-order valence-corrected chi connectivity index (χ1v) is 6.60. The normalized spacial score (nSPS) is 17.6. The third-order valence-electron chi connectivity index (χ3n) is 3.34. The van der Waals surface area contributed by atoms with Gasteiger partial charge in [-0.2, -0.15) is 0 Å². The molecular formula is C13H26N2O. The molecular weight excluding hydrogens is 200 g/mol. The van der Waals surface area contributed by atoms with Crippen LogP contribution in [0, 0.1) is 11.8 Å². The highest BCUT2D eigenvalue weighted by Gasteiger charge is 2.34. The molecule has 0 spiro atoms. The van der Waals surface area contributed by atoms with E-state index >= 15 is 0 Å². The van der Waals surface area contributed by atoms with Crippen LogP contribution in [0.25, 0.3) is 0 Å². The van der Waals surface area contributed by atoms with E-state index in [0.29, 0.717) is 18.5 Å². The van der Waals surface area contributed by atoms with Gasteiger partial charge in [-0.25, -0.2) is 0 Å². The van der Waals surface area contributed by atoms with Gasteiger partial charge in [0.15, 0.2) is 0 Å². The Morgan fingerprint density at radius 2 is 2.06 bits per heavy atom. The minimum atomic E-state index is 0.0350. The number of carbonyl (C=O) groups is 1. The van der Waals surface area contributed by atoms with Crippen LogP contribution < -0.4 is 5.73 Å². The molecule has 0 aromatic carbocycles. The number of rotatable bonds is 7. The fourth-order valence-electron chi connectivity index (χ4n) is 1.93. The van der Waals surface area contributed by atoms with E-state index in [1.165, 1.54) is 12.8 Å². The summed E-state index contributed by atoms with van der Waals surface area (Å²) in [6.07, 6.45) is 4.33. The largest absolute Gasteiger partial charge is 0.339 e. The molecule has 1 fully saturated rings. The highest BCUT2D eigenvalue weighted by Crippen LogP contribution is 2.29. The average Bonchev–Trinajstić information content (AvgIpc) is 3.03. The van der Waals surface area contributed by atoms with Gasteiger partial charge >= 0.3 is 0 Å².